The molecular formula is C66H66N2. The van der Waals surface area contributed by atoms with Crippen molar-refractivity contribution in [1.29, 1.82) is 0 Å². The van der Waals surface area contributed by atoms with Crippen molar-refractivity contribution in [3.63, 3.8) is 0 Å². The highest BCUT2D eigenvalue weighted by molar-refractivity contribution is 6.40. The number of fused-ring (bicyclic) bond motifs is 11. The van der Waals surface area contributed by atoms with Crippen LogP contribution < -0.4 is 9.80 Å². The van der Waals surface area contributed by atoms with E-state index in [2.05, 4.69) is 275 Å². The average molecular weight is 887 g/mol. The highest BCUT2D eigenvalue weighted by atomic mass is 15.1. The van der Waals surface area contributed by atoms with Gasteiger partial charge in [0.1, 0.15) is 0 Å². The van der Waals surface area contributed by atoms with Crippen molar-refractivity contribution < 1.29 is 0 Å². The molecule has 0 radical (unpaired) electrons. The molecule has 0 heterocycles. The Labute approximate surface area is 404 Å². The Morgan fingerprint density at radius 1 is 0.221 bits per heavy atom. The third-order valence-corrected chi connectivity index (χ3v) is 14.2. The normalized spacial score (nSPS) is 12.7. The number of para-hydroxylation sites is 2. The van der Waals surface area contributed by atoms with Gasteiger partial charge in [0.15, 0.2) is 0 Å². The van der Waals surface area contributed by atoms with E-state index in [1.54, 1.807) is 0 Å². The minimum atomic E-state index is -0.0341. The molecular weight excluding hydrogens is 821 g/mol. The van der Waals surface area contributed by atoms with Gasteiger partial charge in [-0.05, 0) is 183 Å². The third kappa shape index (κ3) is 8.08. The third-order valence-electron chi connectivity index (χ3n) is 14.2. The fourth-order valence-electron chi connectivity index (χ4n) is 10.2. The SMILES string of the molecule is CC(C)(C)c1ccc(N(c2ccccc2)c2ccc3c(c2)c2cc(C(C)(C)C)ccc2c2c4ccc(N(c5ccccc5)c5ccc(C(C)(C)C)cc5)cc4c4cc(C(C)(C)C)ccc4c32)cc1. The van der Waals surface area contributed by atoms with Crippen LogP contribution in [-0.2, 0) is 21.7 Å². The lowest BCUT2D eigenvalue weighted by molar-refractivity contribution is 0.590. The molecule has 0 spiro atoms. The van der Waals surface area contributed by atoms with E-state index in [-0.39, 0.29) is 21.7 Å². The van der Waals surface area contributed by atoms with Gasteiger partial charge in [-0.15, -0.1) is 0 Å². The van der Waals surface area contributed by atoms with Gasteiger partial charge < -0.3 is 9.80 Å². The maximum Gasteiger partial charge on any atom is 0.0468 e. The summed E-state index contributed by atoms with van der Waals surface area (Å²) in [6, 6.07) is 68.9. The highest BCUT2D eigenvalue weighted by Gasteiger charge is 2.25. The maximum atomic E-state index is 2.48. The molecule has 0 aliphatic rings. The fourth-order valence-corrected chi connectivity index (χ4v) is 10.2. The summed E-state index contributed by atoms with van der Waals surface area (Å²) < 4.78 is 0. The topological polar surface area (TPSA) is 6.48 Å². The first-order chi connectivity index (χ1) is 32.3. The second-order valence-electron chi connectivity index (χ2n) is 23.2. The molecule has 68 heavy (non-hydrogen) atoms. The van der Waals surface area contributed by atoms with Crippen LogP contribution in [0.15, 0.2) is 182 Å². The smallest absolute Gasteiger partial charge is 0.0468 e. The van der Waals surface area contributed by atoms with Gasteiger partial charge in [0.2, 0.25) is 0 Å². The molecule has 0 aliphatic carbocycles. The van der Waals surface area contributed by atoms with Crippen LogP contribution in [0, 0.1) is 0 Å². The Kier molecular flexibility index (Phi) is 10.8. The minimum absolute atomic E-state index is 0.0341. The van der Waals surface area contributed by atoms with Crippen molar-refractivity contribution >= 4 is 88.0 Å². The molecule has 0 aliphatic heterocycles. The highest BCUT2D eigenvalue weighted by Crippen LogP contribution is 2.49. The minimum Gasteiger partial charge on any atom is -0.310 e. The lowest BCUT2D eigenvalue weighted by Gasteiger charge is -2.28. The van der Waals surface area contributed by atoms with Gasteiger partial charge in [-0.2, -0.15) is 0 Å². The Hall–Kier alpha value is -6.90. The lowest BCUT2D eigenvalue weighted by Crippen LogP contribution is -2.13. The van der Waals surface area contributed by atoms with Crippen LogP contribution in [0.25, 0.3) is 53.9 Å². The van der Waals surface area contributed by atoms with Crippen molar-refractivity contribution in [2.24, 2.45) is 0 Å². The number of benzene rings is 10. The van der Waals surface area contributed by atoms with Crippen LogP contribution in [0.1, 0.15) is 105 Å². The Morgan fingerprint density at radius 2 is 0.471 bits per heavy atom. The molecule has 10 aromatic carbocycles. The first kappa shape index (κ1) is 44.9. The monoisotopic (exact) mass is 887 g/mol. The lowest BCUT2D eigenvalue weighted by atomic mass is 9.81. The van der Waals surface area contributed by atoms with E-state index in [1.807, 2.05) is 0 Å². The Balaban J connectivity index is 1.30. The zero-order chi connectivity index (χ0) is 47.9. The van der Waals surface area contributed by atoms with Crippen LogP contribution >= 0.6 is 0 Å². The van der Waals surface area contributed by atoms with E-state index in [1.165, 1.54) is 76.1 Å². The number of anilines is 6. The van der Waals surface area contributed by atoms with Crippen LogP contribution in [-0.4, -0.2) is 0 Å². The summed E-state index contributed by atoms with van der Waals surface area (Å²) in [5, 5.41) is 12.8. The second-order valence-corrected chi connectivity index (χ2v) is 23.2. The van der Waals surface area contributed by atoms with Gasteiger partial charge >= 0.3 is 0 Å². The quantitative estimate of drug-likeness (QED) is 0.154. The molecule has 340 valence electrons. The summed E-state index contributed by atoms with van der Waals surface area (Å²) in [7, 11) is 0. The van der Waals surface area contributed by atoms with E-state index in [9.17, 15) is 0 Å². The molecule has 0 atom stereocenters. The van der Waals surface area contributed by atoms with Gasteiger partial charge in [0, 0.05) is 34.1 Å². The molecule has 10 rings (SSSR count). The van der Waals surface area contributed by atoms with Crippen LogP contribution in [0.2, 0.25) is 0 Å². The summed E-state index contributed by atoms with van der Waals surface area (Å²) in [6.07, 6.45) is 0. The molecule has 10 aromatic rings. The first-order valence-electron chi connectivity index (χ1n) is 24.5. The van der Waals surface area contributed by atoms with Gasteiger partial charge in [0.25, 0.3) is 0 Å². The predicted molar refractivity (Wildman–Crippen MR) is 298 cm³/mol. The number of rotatable bonds is 6. The predicted octanol–water partition coefficient (Wildman–Crippen LogP) is 19.6. The second kappa shape index (κ2) is 16.4. The first-order valence-corrected chi connectivity index (χ1v) is 24.5. The van der Waals surface area contributed by atoms with E-state index in [0.29, 0.717) is 0 Å². The van der Waals surface area contributed by atoms with Gasteiger partial charge in [0.05, 0.1) is 0 Å². The van der Waals surface area contributed by atoms with E-state index < -0.39 is 0 Å². The van der Waals surface area contributed by atoms with Gasteiger partial charge in [-0.1, -0.05) is 180 Å². The molecule has 0 bridgehead atoms. The average Bonchev–Trinajstić information content (AvgIpc) is 3.31. The maximum absolute atomic E-state index is 2.48. The van der Waals surface area contributed by atoms with E-state index >= 15 is 0 Å². The summed E-state index contributed by atoms with van der Waals surface area (Å²) in [5.41, 5.74) is 12.2. The van der Waals surface area contributed by atoms with Crippen molar-refractivity contribution in [2.75, 3.05) is 9.80 Å². The number of hydrogen-bond acceptors (Lipinski definition) is 2. The molecule has 2 heteroatoms. The van der Waals surface area contributed by atoms with Crippen LogP contribution in [0.4, 0.5) is 34.1 Å². The Bertz CT molecular complexity index is 3260. The molecule has 0 amide bonds. The molecule has 0 aromatic heterocycles. The summed E-state index contributed by atoms with van der Waals surface area (Å²) >= 11 is 0. The van der Waals surface area contributed by atoms with Crippen LogP contribution in [0.3, 0.4) is 0 Å². The molecule has 0 unspecified atom stereocenters. The van der Waals surface area contributed by atoms with E-state index in [4.69, 9.17) is 0 Å². The summed E-state index contributed by atoms with van der Waals surface area (Å²) in [4.78, 5) is 4.83. The van der Waals surface area contributed by atoms with Gasteiger partial charge in [-0.25, -0.2) is 0 Å². The van der Waals surface area contributed by atoms with Crippen LogP contribution in [0.5, 0.6) is 0 Å². The van der Waals surface area contributed by atoms with Crippen molar-refractivity contribution in [3.8, 4) is 0 Å². The Morgan fingerprint density at radius 3 is 0.779 bits per heavy atom. The molecule has 0 saturated heterocycles. The summed E-state index contributed by atoms with van der Waals surface area (Å²) in [5.74, 6) is 0. The zero-order valence-corrected chi connectivity index (χ0v) is 42.2. The molecule has 2 nitrogen and oxygen atoms in total. The van der Waals surface area contributed by atoms with Crippen molar-refractivity contribution in [1.82, 2.24) is 0 Å². The fraction of sp³-hybridized carbons (Fsp3) is 0.242. The van der Waals surface area contributed by atoms with E-state index in [0.717, 1.165) is 34.1 Å². The zero-order valence-electron chi connectivity index (χ0n) is 42.2. The molecule has 0 N–H and O–H groups in total. The number of hydrogen-bond donors (Lipinski definition) is 0. The largest absolute Gasteiger partial charge is 0.310 e. The standard InChI is InChI=1S/C66H66N2/c1-63(2,3)43-23-29-49(30-24-43)67(47-19-15-13-16-20-47)51-33-37-55-59(41-51)57-39-45(65(7,8)9)27-35-53(57)62-56-38-34-52(42-60(56)58-40-46(66(10,11)12)28-36-54(58)61(55)62)68(48-21-17-14-18-22-48)50-31-25-44(26-32-50)64(4,5)6/h13-42H,1-12H3. The van der Waals surface area contributed by atoms with Crippen molar-refractivity contribution in [2.45, 2.75) is 105 Å². The molecule has 0 fully saturated rings. The van der Waals surface area contributed by atoms with Gasteiger partial charge in [-0.3, -0.25) is 0 Å². The summed E-state index contributed by atoms with van der Waals surface area (Å²) in [6.45, 7) is 27.6. The molecule has 0 saturated carbocycles. The van der Waals surface area contributed by atoms with Crippen molar-refractivity contribution in [3.05, 3.63) is 204 Å². The number of nitrogens with zero attached hydrogens (tertiary/aromatic N) is 2.